The molecule has 0 amide bonds. The molecule has 1 atom stereocenters. The van der Waals surface area contributed by atoms with Crippen LogP contribution in [0.1, 0.15) is 38.7 Å². The average Bonchev–Trinajstić information content (AvgIpc) is 3.12. The molecule has 0 N–H and O–H groups in total. The molecule has 6 aromatic rings. The summed E-state index contributed by atoms with van der Waals surface area (Å²) in [5.74, 6) is 0.873. The van der Waals surface area contributed by atoms with Gasteiger partial charge in [-0.15, -0.1) is 0 Å². The van der Waals surface area contributed by atoms with E-state index in [0.717, 1.165) is 5.92 Å². The molecule has 2 heteroatoms. The van der Waals surface area contributed by atoms with Crippen molar-refractivity contribution in [3.05, 3.63) is 189 Å². The van der Waals surface area contributed by atoms with Crippen molar-refractivity contribution in [3.63, 3.8) is 0 Å². The third-order valence-electron chi connectivity index (χ3n) is 8.92. The Hall–Kier alpha value is -3.89. The van der Waals surface area contributed by atoms with E-state index in [1.165, 1.54) is 60.2 Å². The number of benzene rings is 6. The Labute approximate surface area is 281 Å². The molecule has 0 saturated carbocycles. The molecule has 0 bridgehead atoms. The lowest BCUT2D eigenvalue weighted by Gasteiger charge is -2.44. The molecule has 45 heavy (non-hydrogen) atoms. The molecule has 0 saturated heterocycles. The van der Waals surface area contributed by atoms with Gasteiger partial charge in [0.2, 0.25) is 0 Å². The summed E-state index contributed by atoms with van der Waals surface area (Å²) in [6.45, 7) is 4.64. The number of hydrogen-bond acceptors (Lipinski definition) is 0. The van der Waals surface area contributed by atoms with Gasteiger partial charge in [0.05, 0.1) is 0 Å². The van der Waals surface area contributed by atoms with E-state index in [0.29, 0.717) is 0 Å². The number of halogens is 1. The van der Waals surface area contributed by atoms with E-state index in [9.17, 15) is 0 Å². The summed E-state index contributed by atoms with van der Waals surface area (Å²) in [6.07, 6.45) is 4.00. The molecule has 0 nitrogen and oxygen atoms in total. The van der Waals surface area contributed by atoms with Gasteiger partial charge >= 0.3 is 21.2 Å². The van der Waals surface area contributed by atoms with Crippen LogP contribution in [0.3, 0.4) is 0 Å². The van der Waals surface area contributed by atoms with Crippen molar-refractivity contribution in [2.24, 2.45) is 5.92 Å². The maximum atomic E-state index is 2.35. The van der Waals surface area contributed by atoms with E-state index in [4.69, 9.17) is 0 Å². The Bertz CT molecular complexity index is 1490. The first-order valence-electron chi connectivity index (χ1n) is 16.4. The third kappa shape index (κ3) is 8.64. The highest BCUT2D eigenvalue weighted by Gasteiger charge is 2.31. The van der Waals surface area contributed by atoms with E-state index < -0.39 is 6.15 Å². The van der Waals surface area contributed by atoms with Crippen molar-refractivity contribution in [1.29, 1.82) is 0 Å². The molecule has 0 radical (unpaired) electrons. The monoisotopic (exact) mass is 698 g/mol. The molecule has 1 unspecified atom stereocenters. The first-order valence-corrected chi connectivity index (χ1v) is 18.5. The van der Waals surface area contributed by atoms with Crippen LogP contribution in [0.2, 0.25) is 0 Å². The molecule has 0 aliphatic carbocycles. The molecule has 226 valence electrons. The normalized spacial score (nSPS) is 11.7. The van der Waals surface area contributed by atoms with Crippen molar-refractivity contribution in [2.45, 2.75) is 39.5 Å². The number of aryl methyl sites for hydroxylation is 1. The molecule has 0 aliphatic rings. The van der Waals surface area contributed by atoms with Gasteiger partial charge in [0, 0.05) is 0 Å². The number of hydrogen-bond donors (Lipinski definition) is 0. The summed E-state index contributed by atoms with van der Waals surface area (Å²) < 4.78 is 3.01. The topological polar surface area (TPSA) is 0 Å². The second-order valence-corrected chi connectivity index (χ2v) is 15.0. The summed E-state index contributed by atoms with van der Waals surface area (Å²) in [7, 11) is 0. The van der Waals surface area contributed by atoms with Crippen molar-refractivity contribution in [1.82, 2.24) is 0 Å². The second kappa shape index (κ2) is 17.0. The smallest absolute Gasteiger partial charge is 0.195 e. The highest BCUT2D eigenvalue weighted by molar-refractivity contribution is 7.19. The van der Waals surface area contributed by atoms with Crippen LogP contribution < -0.4 is 43.1 Å². The zero-order valence-electron chi connectivity index (χ0n) is 26.6. The van der Waals surface area contributed by atoms with Crippen LogP contribution >= 0.6 is 0 Å². The Morgan fingerprint density at radius 2 is 0.822 bits per heavy atom. The fourth-order valence-electron chi connectivity index (χ4n) is 6.30. The zero-order valence-corrected chi connectivity index (χ0v) is 28.8. The summed E-state index contributed by atoms with van der Waals surface area (Å²) in [5, 5.41) is 0. The molecule has 0 aliphatic heterocycles. The summed E-state index contributed by atoms with van der Waals surface area (Å²) in [6, 6.07) is 63.7. The van der Waals surface area contributed by atoms with Gasteiger partial charge in [-0.05, 0) is 48.6 Å². The number of rotatable bonds is 11. The van der Waals surface area contributed by atoms with Crippen LogP contribution in [0.5, 0.6) is 0 Å². The molecule has 0 fully saturated rings. The van der Waals surface area contributed by atoms with Gasteiger partial charge in [-0.25, -0.2) is 0 Å². The largest absolute Gasteiger partial charge is 0.357 e. The molecule has 6 rings (SSSR count). The van der Waals surface area contributed by atoms with Crippen LogP contribution in [0, 0.1) is 13.1 Å². The van der Waals surface area contributed by atoms with Crippen LogP contribution in [-0.4, -0.2) is 6.15 Å². The minimum absolute atomic E-state index is 0.0110. The lowest BCUT2D eigenvalue weighted by Crippen LogP contribution is -3.61. The standard InChI is InChI=1S/C24H20B.C19H24I/c1-5-13-21(14-6-1)25(22-15-7-2-8-16-22,23-17-9-3-10-18-23)24-19-11-4-12-20-24;1-3-16(2)8-7-9-17-12-14-19(15-13-17)20-18-10-5-4-6-11-18/h1-20H;4-6,10-16H,3,7-9H2,1-2H3/q-1;+1. The fourth-order valence-corrected chi connectivity index (χ4v) is 8.51. The van der Waals surface area contributed by atoms with Gasteiger partial charge in [-0.1, -0.05) is 178 Å². The molecule has 6 aromatic carbocycles. The summed E-state index contributed by atoms with van der Waals surface area (Å²) in [4.78, 5) is 0. The van der Waals surface area contributed by atoms with Crippen LogP contribution in [0.4, 0.5) is 0 Å². The second-order valence-electron chi connectivity index (χ2n) is 11.9. The zero-order chi connectivity index (χ0) is 31.2. The van der Waals surface area contributed by atoms with E-state index in [1.54, 1.807) is 0 Å². The van der Waals surface area contributed by atoms with Crippen molar-refractivity contribution < 1.29 is 21.2 Å². The first-order chi connectivity index (χ1) is 22.2. The minimum Gasteiger partial charge on any atom is -0.195 e. The van der Waals surface area contributed by atoms with Crippen LogP contribution in [-0.2, 0) is 6.42 Å². The van der Waals surface area contributed by atoms with E-state index in [2.05, 4.69) is 190 Å². The van der Waals surface area contributed by atoms with E-state index in [-0.39, 0.29) is 21.2 Å². The third-order valence-corrected chi connectivity index (χ3v) is 11.6. The molecular weight excluding hydrogens is 654 g/mol. The van der Waals surface area contributed by atoms with E-state index >= 15 is 0 Å². The van der Waals surface area contributed by atoms with Gasteiger partial charge in [-0.3, -0.25) is 0 Å². The lowest BCUT2D eigenvalue weighted by atomic mass is 9.13. The maximum Gasteiger partial charge on any atom is 0.357 e. The van der Waals surface area contributed by atoms with Crippen molar-refractivity contribution in [3.8, 4) is 0 Å². The van der Waals surface area contributed by atoms with Crippen molar-refractivity contribution in [2.75, 3.05) is 0 Å². The summed E-state index contributed by atoms with van der Waals surface area (Å²) >= 11 is -0.0110. The average molecular weight is 699 g/mol. The molecular formula is C43H44BI. The molecule has 0 aromatic heterocycles. The predicted molar refractivity (Wildman–Crippen MR) is 193 cm³/mol. The summed E-state index contributed by atoms with van der Waals surface area (Å²) in [5.41, 5.74) is 6.85. The predicted octanol–water partition coefficient (Wildman–Crippen LogP) is 5.25. The van der Waals surface area contributed by atoms with Gasteiger partial charge < -0.3 is 0 Å². The Balaban J connectivity index is 0.000000183. The first kappa shape index (κ1) is 32.5. The van der Waals surface area contributed by atoms with Gasteiger partial charge in [0.25, 0.3) is 0 Å². The Morgan fingerprint density at radius 1 is 0.467 bits per heavy atom. The van der Waals surface area contributed by atoms with Gasteiger partial charge in [0.1, 0.15) is 6.15 Å². The molecule has 0 spiro atoms. The van der Waals surface area contributed by atoms with Crippen LogP contribution in [0.25, 0.3) is 0 Å². The maximum absolute atomic E-state index is 2.35. The lowest BCUT2D eigenvalue weighted by molar-refractivity contribution is -0.597. The van der Waals surface area contributed by atoms with Gasteiger partial charge in [-0.2, -0.15) is 21.9 Å². The molecule has 0 heterocycles. The Kier molecular flexibility index (Phi) is 12.3. The van der Waals surface area contributed by atoms with Crippen LogP contribution in [0.15, 0.2) is 176 Å². The fraction of sp³-hybridized carbons (Fsp3) is 0.163. The SMILES string of the molecule is CCC(C)CCCc1ccc([I+]c2ccccc2)cc1.c1ccc([B-](c2ccccc2)(c2ccccc2)c2ccccc2)cc1. The highest BCUT2D eigenvalue weighted by atomic mass is 127. The quantitative estimate of drug-likeness (QED) is 0.128. The highest BCUT2D eigenvalue weighted by Crippen LogP contribution is 2.13. The minimum atomic E-state index is -1.22. The van der Waals surface area contributed by atoms with Gasteiger partial charge in [0.15, 0.2) is 7.14 Å². The Morgan fingerprint density at radius 3 is 1.20 bits per heavy atom. The van der Waals surface area contributed by atoms with Crippen molar-refractivity contribution >= 4 is 28.0 Å². The van der Waals surface area contributed by atoms with E-state index in [1.807, 2.05) is 0 Å².